The van der Waals surface area contributed by atoms with Crippen molar-refractivity contribution in [1.29, 1.82) is 0 Å². The molecule has 0 fully saturated rings. The van der Waals surface area contributed by atoms with Gasteiger partial charge in [-0.3, -0.25) is 14.4 Å². The van der Waals surface area contributed by atoms with E-state index in [1.807, 2.05) is 0 Å². The van der Waals surface area contributed by atoms with Crippen molar-refractivity contribution in [3.63, 3.8) is 0 Å². The van der Waals surface area contributed by atoms with Gasteiger partial charge in [-0.25, -0.2) is 0 Å². The van der Waals surface area contributed by atoms with Gasteiger partial charge >= 0.3 is 17.9 Å². The van der Waals surface area contributed by atoms with E-state index in [9.17, 15) is 14.4 Å². The summed E-state index contributed by atoms with van der Waals surface area (Å²) in [6, 6.07) is 0. The molecule has 0 aromatic rings. The quantitative estimate of drug-likeness (QED) is 0.0262. The maximum Gasteiger partial charge on any atom is 0.306 e. The molecule has 6 nitrogen and oxygen atoms in total. The summed E-state index contributed by atoms with van der Waals surface area (Å²) in [6.45, 7) is 6.45. The van der Waals surface area contributed by atoms with E-state index in [1.165, 1.54) is 122 Å². The Bertz CT molecular complexity index is 1270. The van der Waals surface area contributed by atoms with E-state index < -0.39 is 6.10 Å². The summed E-state index contributed by atoms with van der Waals surface area (Å²) in [6.07, 6.45) is 68.6. The number of rotatable bonds is 48. The van der Waals surface area contributed by atoms with Crippen molar-refractivity contribution in [2.75, 3.05) is 13.2 Å². The topological polar surface area (TPSA) is 78.9 Å². The van der Waals surface area contributed by atoms with Gasteiger partial charge in [0.1, 0.15) is 13.2 Å². The Morgan fingerprint density at radius 1 is 0.323 bits per heavy atom. The van der Waals surface area contributed by atoms with Crippen molar-refractivity contribution in [1.82, 2.24) is 0 Å². The van der Waals surface area contributed by atoms with Gasteiger partial charge in [-0.2, -0.15) is 0 Å². The Hall–Kier alpha value is -3.41. The zero-order chi connectivity index (χ0) is 47.2. The minimum atomic E-state index is -0.812. The first-order valence-electron chi connectivity index (χ1n) is 27.1. The van der Waals surface area contributed by atoms with Crippen LogP contribution in [0.4, 0.5) is 0 Å². The van der Waals surface area contributed by atoms with Crippen LogP contribution in [0.25, 0.3) is 0 Å². The van der Waals surface area contributed by atoms with E-state index in [1.54, 1.807) is 0 Å². The van der Waals surface area contributed by atoms with E-state index in [4.69, 9.17) is 14.2 Å². The number of unbranched alkanes of at least 4 members (excludes halogenated alkanes) is 23. The van der Waals surface area contributed by atoms with Gasteiger partial charge in [-0.1, -0.05) is 228 Å². The Kier molecular flexibility index (Phi) is 50.4. The molecular formula is C59H100O6. The molecule has 372 valence electrons. The summed E-state index contributed by atoms with van der Waals surface area (Å²) < 4.78 is 16.7. The highest BCUT2D eigenvalue weighted by Crippen LogP contribution is 2.15. The second-order valence-electron chi connectivity index (χ2n) is 17.8. The molecule has 0 saturated carbocycles. The fourth-order valence-corrected chi connectivity index (χ4v) is 7.33. The molecule has 0 unspecified atom stereocenters. The van der Waals surface area contributed by atoms with Crippen molar-refractivity contribution in [3.05, 3.63) is 85.1 Å². The molecule has 0 bridgehead atoms. The molecule has 0 aliphatic rings. The Balaban J connectivity index is 4.51. The van der Waals surface area contributed by atoms with E-state index in [2.05, 4.69) is 106 Å². The van der Waals surface area contributed by atoms with Crippen LogP contribution in [0.3, 0.4) is 0 Å². The zero-order valence-electron chi connectivity index (χ0n) is 42.5. The van der Waals surface area contributed by atoms with Crippen LogP contribution in [-0.2, 0) is 28.6 Å². The molecule has 0 rings (SSSR count). The van der Waals surface area contributed by atoms with Crippen LogP contribution >= 0.6 is 0 Å². The van der Waals surface area contributed by atoms with Crippen LogP contribution in [0.15, 0.2) is 85.1 Å². The van der Waals surface area contributed by atoms with Crippen molar-refractivity contribution < 1.29 is 28.6 Å². The highest BCUT2D eigenvalue weighted by Gasteiger charge is 2.19. The zero-order valence-corrected chi connectivity index (χ0v) is 42.5. The standard InChI is InChI=1S/C59H100O6/c1-4-7-10-13-16-19-22-25-28-29-32-34-37-40-43-46-49-52-58(61)64-55-56(65-59(62)53-50-47-44-41-38-35-31-27-24-21-18-15-12-9-6-3)54-63-57(60)51-48-45-42-39-36-33-30-26-23-20-17-14-11-8-5-2/h8,11,17,20,25-26,28,30,32,34,36,39-40,43,56H,4-7,9-10,12-16,18-19,21-24,27,29,31,33,35,37-38,41-42,44-55H2,1-3H3/b11-8-,20-17-,28-25-,30-26-,34-32-,39-36-,43-40-/t56-/m1/s1. The van der Waals surface area contributed by atoms with Gasteiger partial charge in [0.25, 0.3) is 0 Å². The van der Waals surface area contributed by atoms with E-state index in [0.717, 1.165) is 83.5 Å². The van der Waals surface area contributed by atoms with Crippen molar-refractivity contribution >= 4 is 17.9 Å². The largest absolute Gasteiger partial charge is 0.462 e. The predicted octanol–water partition coefficient (Wildman–Crippen LogP) is 18.0. The number of hydrogen-bond donors (Lipinski definition) is 0. The molecule has 65 heavy (non-hydrogen) atoms. The molecule has 6 heteroatoms. The minimum Gasteiger partial charge on any atom is -0.462 e. The van der Waals surface area contributed by atoms with Gasteiger partial charge in [-0.15, -0.1) is 0 Å². The third-order valence-corrected chi connectivity index (χ3v) is 11.4. The molecule has 0 aliphatic heterocycles. The van der Waals surface area contributed by atoms with Crippen LogP contribution in [0.5, 0.6) is 0 Å². The van der Waals surface area contributed by atoms with E-state index in [0.29, 0.717) is 19.3 Å². The van der Waals surface area contributed by atoms with Crippen LogP contribution in [-0.4, -0.2) is 37.2 Å². The molecular weight excluding hydrogens is 805 g/mol. The fourth-order valence-electron chi connectivity index (χ4n) is 7.33. The van der Waals surface area contributed by atoms with Gasteiger partial charge in [0.15, 0.2) is 6.10 Å². The van der Waals surface area contributed by atoms with Crippen LogP contribution < -0.4 is 0 Å². The molecule has 0 heterocycles. The lowest BCUT2D eigenvalue weighted by molar-refractivity contribution is -0.167. The number of hydrogen-bond acceptors (Lipinski definition) is 6. The summed E-state index contributed by atoms with van der Waals surface area (Å²) in [5.74, 6) is -0.999. The van der Waals surface area contributed by atoms with Gasteiger partial charge in [0.2, 0.25) is 0 Å². The van der Waals surface area contributed by atoms with Crippen LogP contribution in [0.1, 0.15) is 252 Å². The normalized spacial score (nSPS) is 12.7. The Labute approximate surface area is 401 Å². The predicted molar refractivity (Wildman–Crippen MR) is 279 cm³/mol. The summed E-state index contributed by atoms with van der Waals surface area (Å²) in [5, 5.41) is 0. The number of esters is 3. The Morgan fingerprint density at radius 2 is 0.615 bits per heavy atom. The molecule has 0 aromatic carbocycles. The smallest absolute Gasteiger partial charge is 0.306 e. The minimum absolute atomic E-state index is 0.112. The first-order valence-corrected chi connectivity index (χ1v) is 27.1. The third kappa shape index (κ3) is 51.4. The summed E-state index contributed by atoms with van der Waals surface area (Å²) >= 11 is 0. The number of carbonyl (C=O) groups is 3. The van der Waals surface area contributed by atoms with Gasteiger partial charge in [-0.05, 0) is 89.9 Å². The lowest BCUT2D eigenvalue weighted by Crippen LogP contribution is -2.30. The van der Waals surface area contributed by atoms with Crippen molar-refractivity contribution in [2.24, 2.45) is 0 Å². The molecule has 0 spiro atoms. The second-order valence-corrected chi connectivity index (χ2v) is 17.8. The molecule has 0 saturated heterocycles. The first kappa shape index (κ1) is 61.6. The van der Waals surface area contributed by atoms with Crippen LogP contribution in [0.2, 0.25) is 0 Å². The van der Waals surface area contributed by atoms with Crippen molar-refractivity contribution in [3.8, 4) is 0 Å². The van der Waals surface area contributed by atoms with E-state index in [-0.39, 0.29) is 37.5 Å². The molecule has 0 aromatic heterocycles. The average molecular weight is 905 g/mol. The first-order chi connectivity index (χ1) is 32.0. The average Bonchev–Trinajstić information content (AvgIpc) is 3.30. The number of allylic oxidation sites excluding steroid dienone is 14. The monoisotopic (exact) mass is 905 g/mol. The maximum atomic E-state index is 12.8. The number of carbonyl (C=O) groups excluding carboxylic acids is 3. The van der Waals surface area contributed by atoms with Gasteiger partial charge in [0, 0.05) is 19.3 Å². The van der Waals surface area contributed by atoms with Gasteiger partial charge < -0.3 is 14.2 Å². The summed E-state index contributed by atoms with van der Waals surface area (Å²) in [5.41, 5.74) is 0. The summed E-state index contributed by atoms with van der Waals surface area (Å²) in [4.78, 5) is 38.0. The Morgan fingerprint density at radius 3 is 1.03 bits per heavy atom. The second kappa shape index (κ2) is 53.2. The van der Waals surface area contributed by atoms with E-state index >= 15 is 0 Å². The highest BCUT2D eigenvalue weighted by atomic mass is 16.6. The lowest BCUT2D eigenvalue weighted by atomic mass is 10.0. The summed E-state index contributed by atoms with van der Waals surface area (Å²) in [7, 11) is 0. The third-order valence-electron chi connectivity index (χ3n) is 11.4. The molecule has 1 atom stereocenters. The van der Waals surface area contributed by atoms with Crippen LogP contribution in [0, 0.1) is 0 Å². The fraction of sp³-hybridized carbons (Fsp3) is 0.712. The maximum absolute atomic E-state index is 12.8. The lowest BCUT2D eigenvalue weighted by Gasteiger charge is -2.18. The SMILES string of the molecule is CC/C=C\C/C=C\C/C=C\C/C=C\CCCCC(=O)OC[C@H](COC(=O)CCC/C=C\C/C=C\C/C=C\CCCCCCCC)OC(=O)CCCCCCCCCCCCCCCCC. The van der Waals surface area contributed by atoms with Gasteiger partial charge in [0.05, 0.1) is 0 Å². The molecule has 0 radical (unpaired) electrons. The molecule has 0 aliphatic carbocycles. The highest BCUT2D eigenvalue weighted by molar-refractivity contribution is 5.71. The van der Waals surface area contributed by atoms with Crippen molar-refractivity contribution in [2.45, 2.75) is 258 Å². The number of ether oxygens (including phenoxy) is 3. The molecule has 0 amide bonds. The molecule has 0 N–H and O–H groups in total.